The van der Waals surface area contributed by atoms with Gasteiger partial charge in [-0.1, -0.05) is 6.92 Å². The van der Waals surface area contributed by atoms with Gasteiger partial charge in [-0.25, -0.2) is 4.98 Å². The molecule has 0 spiro atoms. The number of hydrogen-bond donors (Lipinski definition) is 1. The van der Waals surface area contributed by atoms with Gasteiger partial charge in [0.1, 0.15) is 11.0 Å². The van der Waals surface area contributed by atoms with Crippen molar-refractivity contribution in [3.8, 4) is 10.6 Å². The molecule has 0 amide bonds. The zero-order chi connectivity index (χ0) is 14.1. The predicted octanol–water partition coefficient (Wildman–Crippen LogP) is 3.17. The fourth-order valence-electron chi connectivity index (χ4n) is 2.71. The second kappa shape index (κ2) is 5.63. The molecule has 3 heterocycles. The van der Waals surface area contributed by atoms with Gasteiger partial charge >= 0.3 is 5.97 Å². The first-order valence-corrected chi connectivity index (χ1v) is 8.41. The first-order valence-electron chi connectivity index (χ1n) is 6.59. The van der Waals surface area contributed by atoms with Crippen LogP contribution in [-0.4, -0.2) is 33.5 Å². The van der Waals surface area contributed by atoms with E-state index < -0.39 is 5.97 Å². The van der Waals surface area contributed by atoms with E-state index in [0.717, 1.165) is 29.2 Å². The molecule has 1 saturated heterocycles. The Bertz CT molecular complexity index is 594. The topological polar surface area (TPSA) is 53.4 Å². The molecule has 20 heavy (non-hydrogen) atoms. The Morgan fingerprint density at radius 2 is 2.40 bits per heavy atom. The molecule has 2 aromatic rings. The molecule has 1 fully saturated rings. The number of nitrogens with zero attached hydrogens (tertiary/aromatic N) is 2. The van der Waals surface area contributed by atoms with Crippen molar-refractivity contribution in [1.82, 2.24) is 9.88 Å². The first-order chi connectivity index (χ1) is 9.65. The first kappa shape index (κ1) is 13.7. The van der Waals surface area contributed by atoms with Crippen LogP contribution >= 0.6 is 22.7 Å². The van der Waals surface area contributed by atoms with E-state index in [1.54, 1.807) is 22.7 Å². The number of likely N-dealkylation sites (tertiary alicyclic amines) is 1. The van der Waals surface area contributed by atoms with E-state index in [1.165, 1.54) is 0 Å². The number of thiophene rings is 1. The summed E-state index contributed by atoms with van der Waals surface area (Å²) in [6, 6.07) is 1.69. The molecule has 2 atom stereocenters. The van der Waals surface area contributed by atoms with Gasteiger partial charge in [-0.15, -0.1) is 11.3 Å². The molecular weight excluding hydrogens is 292 g/mol. The van der Waals surface area contributed by atoms with Gasteiger partial charge < -0.3 is 5.11 Å². The standard InChI is InChI=1S/C14H16N2O2S2/c1-9-2-4-16(12(9)14(17)18)6-11-8-20-13(15-11)10-3-5-19-7-10/h3,5,7-9,12H,2,4,6H2,1H3,(H,17,18). The van der Waals surface area contributed by atoms with E-state index in [1.807, 2.05) is 22.6 Å². The summed E-state index contributed by atoms with van der Waals surface area (Å²) in [5.74, 6) is -0.509. The van der Waals surface area contributed by atoms with Crippen molar-refractivity contribution in [2.45, 2.75) is 25.9 Å². The van der Waals surface area contributed by atoms with Crippen LogP contribution < -0.4 is 0 Å². The molecule has 2 aromatic heterocycles. The smallest absolute Gasteiger partial charge is 0.321 e. The molecule has 0 saturated carbocycles. The third kappa shape index (κ3) is 2.63. The molecule has 4 nitrogen and oxygen atoms in total. The van der Waals surface area contributed by atoms with E-state index in [4.69, 9.17) is 0 Å². The van der Waals surface area contributed by atoms with E-state index in [-0.39, 0.29) is 12.0 Å². The third-order valence-electron chi connectivity index (χ3n) is 3.74. The molecule has 0 aliphatic carbocycles. The molecule has 106 valence electrons. The zero-order valence-electron chi connectivity index (χ0n) is 11.2. The Morgan fingerprint density at radius 1 is 1.55 bits per heavy atom. The monoisotopic (exact) mass is 308 g/mol. The van der Waals surface area contributed by atoms with Gasteiger partial charge in [0.15, 0.2) is 0 Å². The van der Waals surface area contributed by atoms with Crippen molar-refractivity contribution in [2.75, 3.05) is 6.54 Å². The van der Waals surface area contributed by atoms with Crippen molar-refractivity contribution >= 4 is 28.6 Å². The Labute approximate surface area is 125 Å². The second-order valence-electron chi connectivity index (χ2n) is 5.18. The van der Waals surface area contributed by atoms with E-state index >= 15 is 0 Å². The van der Waals surface area contributed by atoms with Gasteiger partial charge in [0.25, 0.3) is 0 Å². The lowest BCUT2D eigenvalue weighted by Gasteiger charge is -2.21. The normalized spacial score (nSPS) is 23.2. The van der Waals surface area contributed by atoms with Crippen LogP contribution in [0.4, 0.5) is 0 Å². The van der Waals surface area contributed by atoms with Crippen molar-refractivity contribution in [3.63, 3.8) is 0 Å². The quantitative estimate of drug-likeness (QED) is 0.942. The molecule has 1 aliphatic heterocycles. The highest BCUT2D eigenvalue weighted by Crippen LogP contribution is 2.29. The van der Waals surface area contributed by atoms with Crippen LogP contribution in [0.3, 0.4) is 0 Å². The minimum atomic E-state index is -0.719. The number of carbonyl (C=O) groups is 1. The number of carboxylic acids is 1. The molecule has 1 aliphatic rings. The summed E-state index contributed by atoms with van der Waals surface area (Å²) in [7, 11) is 0. The van der Waals surface area contributed by atoms with Gasteiger partial charge in [0, 0.05) is 22.9 Å². The maximum atomic E-state index is 11.3. The van der Waals surface area contributed by atoms with Crippen LogP contribution in [0.5, 0.6) is 0 Å². The molecule has 1 N–H and O–H groups in total. The Morgan fingerprint density at radius 3 is 3.10 bits per heavy atom. The molecule has 0 radical (unpaired) electrons. The predicted molar refractivity (Wildman–Crippen MR) is 81.0 cm³/mol. The molecular formula is C14H16N2O2S2. The second-order valence-corrected chi connectivity index (χ2v) is 6.81. The summed E-state index contributed by atoms with van der Waals surface area (Å²) in [6.07, 6.45) is 0.943. The number of aromatic nitrogens is 1. The van der Waals surface area contributed by atoms with Crippen molar-refractivity contribution in [1.29, 1.82) is 0 Å². The Hall–Kier alpha value is -1.24. The average molecular weight is 308 g/mol. The van der Waals surface area contributed by atoms with Gasteiger partial charge in [0.2, 0.25) is 0 Å². The highest BCUT2D eigenvalue weighted by atomic mass is 32.1. The maximum absolute atomic E-state index is 11.3. The fourth-order valence-corrected chi connectivity index (χ4v) is 4.23. The minimum Gasteiger partial charge on any atom is -0.480 e. The molecule has 2 unspecified atom stereocenters. The Balaban J connectivity index is 1.74. The van der Waals surface area contributed by atoms with Gasteiger partial charge in [-0.2, -0.15) is 11.3 Å². The van der Waals surface area contributed by atoms with Crippen LogP contribution in [-0.2, 0) is 11.3 Å². The SMILES string of the molecule is CC1CCN(Cc2csc(-c3ccsc3)n2)C1C(=O)O. The molecule has 0 aromatic carbocycles. The molecule has 0 bridgehead atoms. The van der Waals surface area contributed by atoms with Crippen LogP contribution in [0.2, 0.25) is 0 Å². The lowest BCUT2D eigenvalue weighted by atomic mass is 10.0. The summed E-state index contributed by atoms with van der Waals surface area (Å²) < 4.78 is 0. The zero-order valence-corrected chi connectivity index (χ0v) is 12.8. The van der Waals surface area contributed by atoms with Crippen LogP contribution in [0.25, 0.3) is 10.6 Å². The van der Waals surface area contributed by atoms with E-state index in [2.05, 4.69) is 16.4 Å². The van der Waals surface area contributed by atoms with Gasteiger partial charge in [0.05, 0.1) is 5.69 Å². The van der Waals surface area contributed by atoms with E-state index in [0.29, 0.717) is 6.54 Å². The highest BCUT2D eigenvalue weighted by molar-refractivity contribution is 7.14. The number of rotatable bonds is 4. The molecule has 6 heteroatoms. The Kier molecular flexibility index (Phi) is 3.87. The van der Waals surface area contributed by atoms with Crippen LogP contribution in [0.1, 0.15) is 19.0 Å². The summed E-state index contributed by atoms with van der Waals surface area (Å²) in [4.78, 5) is 18.0. The van der Waals surface area contributed by atoms with Crippen molar-refractivity contribution in [3.05, 3.63) is 27.9 Å². The lowest BCUT2D eigenvalue weighted by Crippen LogP contribution is -2.38. The average Bonchev–Trinajstić information content (AvgIpc) is 3.10. The lowest BCUT2D eigenvalue weighted by molar-refractivity contribution is -0.143. The van der Waals surface area contributed by atoms with Crippen molar-refractivity contribution < 1.29 is 9.90 Å². The highest BCUT2D eigenvalue weighted by Gasteiger charge is 2.36. The molecule has 3 rings (SSSR count). The summed E-state index contributed by atoms with van der Waals surface area (Å²) >= 11 is 3.28. The van der Waals surface area contributed by atoms with Crippen LogP contribution in [0.15, 0.2) is 22.2 Å². The van der Waals surface area contributed by atoms with Gasteiger partial charge in [-0.05, 0) is 30.3 Å². The number of carboxylic acid groups (broad SMARTS) is 1. The maximum Gasteiger partial charge on any atom is 0.321 e. The van der Waals surface area contributed by atoms with Crippen molar-refractivity contribution in [2.24, 2.45) is 5.92 Å². The van der Waals surface area contributed by atoms with E-state index in [9.17, 15) is 9.90 Å². The van der Waals surface area contributed by atoms with Gasteiger partial charge in [-0.3, -0.25) is 9.69 Å². The number of thiazole rings is 1. The number of aliphatic carboxylic acids is 1. The summed E-state index contributed by atoms with van der Waals surface area (Å²) in [5.41, 5.74) is 2.12. The summed E-state index contributed by atoms with van der Waals surface area (Å²) in [5, 5.41) is 16.5. The largest absolute Gasteiger partial charge is 0.480 e. The minimum absolute atomic E-state index is 0.211. The fraction of sp³-hybridized carbons (Fsp3) is 0.429. The third-order valence-corrected chi connectivity index (χ3v) is 5.37. The number of hydrogen-bond acceptors (Lipinski definition) is 5. The summed E-state index contributed by atoms with van der Waals surface area (Å²) in [6.45, 7) is 3.47. The van der Waals surface area contributed by atoms with Crippen LogP contribution in [0, 0.1) is 5.92 Å².